The van der Waals surface area contributed by atoms with Crippen LogP contribution in [-0.2, 0) is 6.54 Å². The normalized spacial score (nSPS) is 13.1. The molecule has 1 rings (SSSR count). The maximum atomic E-state index is 8.95. The largest absolute Gasteiger partial charge is 0.396 e. The average Bonchev–Trinajstić information content (AvgIpc) is 2.51. The second-order valence-electron chi connectivity index (χ2n) is 3.83. The zero-order valence-corrected chi connectivity index (χ0v) is 9.82. The lowest BCUT2D eigenvalue weighted by Crippen LogP contribution is -2.34. The van der Waals surface area contributed by atoms with Crippen LogP contribution in [0.3, 0.4) is 0 Å². The summed E-state index contributed by atoms with van der Waals surface area (Å²) in [4.78, 5) is 4.26. The predicted octanol–water partition coefficient (Wildman–Crippen LogP) is 0.860. The molecular formula is C11H21N3O. The molecule has 1 aromatic heterocycles. The summed E-state index contributed by atoms with van der Waals surface area (Å²) in [5, 5.41) is 12.3. The third-order valence-corrected chi connectivity index (χ3v) is 2.73. The second kappa shape index (κ2) is 5.88. The van der Waals surface area contributed by atoms with E-state index in [4.69, 9.17) is 5.11 Å². The highest BCUT2D eigenvalue weighted by Crippen LogP contribution is 2.06. The van der Waals surface area contributed by atoms with Gasteiger partial charge in [-0.2, -0.15) is 0 Å². The van der Waals surface area contributed by atoms with Crippen molar-refractivity contribution in [3.05, 3.63) is 17.7 Å². The second-order valence-corrected chi connectivity index (χ2v) is 3.83. The Labute approximate surface area is 91.3 Å². The Kier molecular flexibility index (Phi) is 4.78. The van der Waals surface area contributed by atoms with Crippen LogP contribution in [0.15, 0.2) is 6.33 Å². The third kappa shape index (κ3) is 3.32. The molecule has 0 aromatic carbocycles. The van der Waals surface area contributed by atoms with Crippen LogP contribution < -0.4 is 5.32 Å². The summed E-state index contributed by atoms with van der Waals surface area (Å²) in [6.07, 6.45) is 2.65. The molecule has 0 bridgehead atoms. The van der Waals surface area contributed by atoms with Crippen molar-refractivity contribution in [3.63, 3.8) is 0 Å². The van der Waals surface area contributed by atoms with Gasteiger partial charge in [0.05, 0.1) is 12.0 Å². The molecule has 15 heavy (non-hydrogen) atoms. The molecule has 4 nitrogen and oxygen atoms in total. The standard InChI is InChI=1S/C11H21N3O/c1-4-12-11(5-6-15)7-14-8-13-9(2)10(14)3/h8,11-12,15H,4-7H2,1-3H3. The van der Waals surface area contributed by atoms with E-state index in [0.717, 1.165) is 25.2 Å². The molecule has 0 aliphatic heterocycles. The first-order chi connectivity index (χ1) is 7.19. The highest BCUT2D eigenvalue weighted by atomic mass is 16.3. The summed E-state index contributed by atoms with van der Waals surface area (Å²) in [5.41, 5.74) is 2.28. The molecule has 4 heteroatoms. The molecule has 1 heterocycles. The fourth-order valence-electron chi connectivity index (χ4n) is 1.67. The van der Waals surface area contributed by atoms with E-state index in [1.54, 1.807) is 0 Å². The summed E-state index contributed by atoms with van der Waals surface area (Å²) in [6, 6.07) is 0.326. The molecule has 0 radical (unpaired) electrons. The Morgan fingerprint density at radius 1 is 1.53 bits per heavy atom. The van der Waals surface area contributed by atoms with Crippen LogP contribution >= 0.6 is 0 Å². The number of imidazole rings is 1. The van der Waals surface area contributed by atoms with Crippen molar-refractivity contribution in [2.45, 2.75) is 39.8 Å². The minimum atomic E-state index is 0.227. The maximum Gasteiger partial charge on any atom is 0.0951 e. The Balaban J connectivity index is 2.60. The molecule has 0 saturated heterocycles. The number of nitrogens with one attached hydrogen (secondary N) is 1. The molecule has 1 unspecified atom stereocenters. The van der Waals surface area contributed by atoms with E-state index in [-0.39, 0.29) is 6.61 Å². The molecule has 0 aliphatic carbocycles. The average molecular weight is 211 g/mol. The maximum absolute atomic E-state index is 8.95. The fourth-order valence-corrected chi connectivity index (χ4v) is 1.67. The van der Waals surface area contributed by atoms with E-state index >= 15 is 0 Å². The van der Waals surface area contributed by atoms with E-state index in [9.17, 15) is 0 Å². The number of aromatic nitrogens is 2. The SMILES string of the molecule is CCNC(CCO)Cn1cnc(C)c1C. The Bertz CT molecular complexity index is 290. The highest BCUT2D eigenvalue weighted by molar-refractivity contribution is 5.08. The first kappa shape index (κ1) is 12.2. The molecule has 0 amide bonds. The van der Waals surface area contributed by atoms with Gasteiger partial charge in [-0.25, -0.2) is 4.98 Å². The van der Waals surface area contributed by atoms with Gasteiger partial charge in [0.1, 0.15) is 0 Å². The first-order valence-corrected chi connectivity index (χ1v) is 5.51. The van der Waals surface area contributed by atoms with Gasteiger partial charge in [-0.05, 0) is 26.8 Å². The Hall–Kier alpha value is -0.870. The number of nitrogens with zero attached hydrogens (tertiary/aromatic N) is 2. The Morgan fingerprint density at radius 3 is 2.73 bits per heavy atom. The number of aryl methyl sites for hydroxylation is 1. The first-order valence-electron chi connectivity index (χ1n) is 5.51. The number of aliphatic hydroxyl groups excluding tert-OH is 1. The number of hydrogen-bond acceptors (Lipinski definition) is 3. The van der Waals surface area contributed by atoms with Crippen molar-refractivity contribution < 1.29 is 5.11 Å². The summed E-state index contributed by atoms with van der Waals surface area (Å²) >= 11 is 0. The van der Waals surface area contributed by atoms with Crippen molar-refractivity contribution >= 4 is 0 Å². The van der Waals surface area contributed by atoms with E-state index in [1.807, 2.05) is 13.3 Å². The van der Waals surface area contributed by atoms with Gasteiger partial charge in [-0.15, -0.1) is 0 Å². The molecule has 1 aromatic rings. The van der Waals surface area contributed by atoms with Crippen molar-refractivity contribution in [1.82, 2.24) is 14.9 Å². The smallest absolute Gasteiger partial charge is 0.0951 e. The van der Waals surface area contributed by atoms with E-state index < -0.39 is 0 Å². The molecule has 0 spiro atoms. The molecular weight excluding hydrogens is 190 g/mol. The molecule has 2 N–H and O–H groups in total. The summed E-state index contributed by atoms with van der Waals surface area (Å²) in [7, 11) is 0. The van der Waals surface area contributed by atoms with Crippen LogP contribution in [0, 0.1) is 13.8 Å². The van der Waals surface area contributed by atoms with Crippen molar-refractivity contribution in [2.24, 2.45) is 0 Å². The van der Waals surface area contributed by atoms with Gasteiger partial charge >= 0.3 is 0 Å². The number of likely N-dealkylation sites (N-methyl/N-ethyl adjacent to an activating group) is 1. The molecule has 0 aliphatic rings. The predicted molar refractivity (Wildman–Crippen MR) is 60.9 cm³/mol. The van der Waals surface area contributed by atoms with Crippen LogP contribution in [0.2, 0.25) is 0 Å². The van der Waals surface area contributed by atoms with Crippen molar-refractivity contribution in [1.29, 1.82) is 0 Å². The molecule has 86 valence electrons. The highest BCUT2D eigenvalue weighted by Gasteiger charge is 2.09. The van der Waals surface area contributed by atoms with Crippen LogP contribution in [0.25, 0.3) is 0 Å². The fraction of sp³-hybridized carbons (Fsp3) is 0.727. The van der Waals surface area contributed by atoms with Crippen LogP contribution in [-0.4, -0.2) is 33.9 Å². The lowest BCUT2D eigenvalue weighted by atomic mass is 10.2. The van der Waals surface area contributed by atoms with Crippen molar-refractivity contribution in [3.8, 4) is 0 Å². The third-order valence-electron chi connectivity index (χ3n) is 2.73. The van der Waals surface area contributed by atoms with Gasteiger partial charge in [0.15, 0.2) is 0 Å². The van der Waals surface area contributed by atoms with Crippen LogP contribution in [0.1, 0.15) is 24.7 Å². The van der Waals surface area contributed by atoms with Crippen LogP contribution in [0.4, 0.5) is 0 Å². The minimum absolute atomic E-state index is 0.227. The Morgan fingerprint density at radius 2 is 2.27 bits per heavy atom. The van der Waals surface area contributed by atoms with Crippen LogP contribution in [0.5, 0.6) is 0 Å². The number of aliphatic hydroxyl groups is 1. The van der Waals surface area contributed by atoms with E-state index in [1.165, 1.54) is 5.69 Å². The van der Waals surface area contributed by atoms with Gasteiger partial charge in [-0.3, -0.25) is 0 Å². The van der Waals surface area contributed by atoms with E-state index in [0.29, 0.717) is 6.04 Å². The van der Waals surface area contributed by atoms with Gasteiger partial charge in [-0.1, -0.05) is 6.92 Å². The molecule has 0 fully saturated rings. The van der Waals surface area contributed by atoms with Gasteiger partial charge < -0.3 is 15.0 Å². The monoisotopic (exact) mass is 211 g/mol. The van der Waals surface area contributed by atoms with Gasteiger partial charge in [0, 0.05) is 24.9 Å². The zero-order chi connectivity index (χ0) is 11.3. The summed E-state index contributed by atoms with van der Waals surface area (Å²) < 4.78 is 2.14. The lowest BCUT2D eigenvalue weighted by Gasteiger charge is -2.18. The quantitative estimate of drug-likeness (QED) is 0.734. The minimum Gasteiger partial charge on any atom is -0.396 e. The summed E-state index contributed by atoms with van der Waals surface area (Å²) in [5.74, 6) is 0. The van der Waals surface area contributed by atoms with Crippen molar-refractivity contribution in [2.75, 3.05) is 13.2 Å². The lowest BCUT2D eigenvalue weighted by molar-refractivity contribution is 0.257. The number of hydrogen-bond donors (Lipinski definition) is 2. The molecule has 1 atom stereocenters. The van der Waals surface area contributed by atoms with E-state index in [2.05, 4.69) is 28.7 Å². The topological polar surface area (TPSA) is 50.1 Å². The van der Waals surface area contributed by atoms with Gasteiger partial charge in [0.2, 0.25) is 0 Å². The number of rotatable bonds is 6. The summed E-state index contributed by atoms with van der Waals surface area (Å²) in [6.45, 7) is 8.20. The molecule has 0 saturated carbocycles. The van der Waals surface area contributed by atoms with Gasteiger partial charge in [0.25, 0.3) is 0 Å². The zero-order valence-electron chi connectivity index (χ0n) is 9.82.